The first-order chi connectivity index (χ1) is 5.77. The molecule has 2 aliphatic rings. The van der Waals surface area contributed by atoms with Gasteiger partial charge in [0, 0.05) is 11.6 Å². The average Bonchev–Trinajstić information content (AvgIpc) is 2.58. The number of unbranched alkanes of at least 4 members (excludes halogenated alkanes) is 1. The molecule has 0 spiro atoms. The Morgan fingerprint density at radius 1 is 1.58 bits per heavy atom. The van der Waals surface area contributed by atoms with E-state index in [0.717, 1.165) is 6.42 Å². The van der Waals surface area contributed by atoms with Gasteiger partial charge in [0.25, 0.3) is 0 Å². The minimum atomic E-state index is -0.0669. The van der Waals surface area contributed by atoms with Crippen LogP contribution >= 0.6 is 0 Å². The molecule has 0 aliphatic carbocycles. The maximum Gasteiger partial charge on any atom is 0.0736 e. The third-order valence-electron chi connectivity index (χ3n) is 3.55. The van der Waals surface area contributed by atoms with Gasteiger partial charge in [-0.2, -0.15) is 0 Å². The maximum atomic E-state index is 9.83. The summed E-state index contributed by atoms with van der Waals surface area (Å²) >= 11 is 0. The lowest BCUT2D eigenvalue weighted by Gasteiger charge is -2.30. The highest BCUT2D eigenvalue weighted by atomic mass is 16.3. The molecule has 0 aromatic heterocycles. The lowest BCUT2D eigenvalue weighted by atomic mass is 9.81. The lowest BCUT2D eigenvalue weighted by molar-refractivity contribution is 0.0807. The molecule has 3 atom stereocenters. The smallest absolute Gasteiger partial charge is 0.0736 e. The second-order valence-corrected chi connectivity index (χ2v) is 4.39. The van der Waals surface area contributed by atoms with Crippen molar-refractivity contribution in [1.82, 2.24) is 5.32 Å². The third kappa shape index (κ3) is 1.17. The lowest BCUT2D eigenvalue weighted by Crippen LogP contribution is -2.44. The molecule has 12 heavy (non-hydrogen) atoms. The van der Waals surface area contributed by atoms with Crippen molar-refractivity contribution in [3.8, 4) is 0 Å². The number of rotatable bonds is 3. The SMILES string of the molecule is CCCCC12CCC(CC1O)N2. The van der Waals surface area contributed by atoms with Crippen LogP contribution in [0.4, 0.5) is 0 Å². The minimum Gasteiger partial charge on any atom is -0.391 e. The van der Waals surface area contributed by atoms with Crippen molar-refractivity contribution in [2.24, 2.45) is 0 Å². The molecule has 0 radical (unpaired) electrons. The van der Waals surface area contributed by atoms with Crippen molar-refractivity contribution in [3.63, 3.8) is 0 Å². The van der Waals surface area contributed by atoms with E-state index in [2.05, 4.69) is 12.2 Å². The predicted octanol–water partition coefficient (Wildman–Crippen LogP) is 1.43. The van der Waals surface area contributed by atoms with E-state index in [9.17, 15) is 5.11 Å². The topological polar surface area (TPSA) is 32.3 Å². The summed E-state index contributed by atoms with van der Waals surface area (Å²) in [5.41, 5.74) is 0.126. The number of fused-ring (bicyclic) bond motifs is 2. The molecule has 70 valence electrons. The van der Waals surface area contributed by atoms with E-state index in [4.69, 9.17) is 0 Å². The normalized spacial score (nSPS) is 45.5. The van der Waals surface area contributed by atoms with Gasteiger partial charge in [0.05, 0.1) is 6.10 Å². The van der Waals surface area contributed by atoms with E-state index in [1.54, 1.807) is 0 Å². The molecule has 0 amide bonds. The van der Waals surface area contributed by atoms with E-state index in [0.29, 0.717) is 6.04 Å². The molecule has 2 aliphatic heterocycles. The Balaban J connectivity index is 1.98. The molecule has 3 unspecified atom stereocenters. The molecule has 0 saturated carbocycles. The molecule has 2 fully saturated rings. The number of nitrogens with one attached hydrogen (secondary N) is 1. The van der Waals surface area contributed by atoms with E-state index in [1.807, 2.05) is 0 Å². The van der Waals surface area contributed by atoms with Gasteiger partial charge in [-0.05, 0) is 25.7 Å². The molecule has 2 heterocycles. The van der Waals surface area contributed by atoms with Crippen molar-refractivity contribution >= 4 is 0 Å². The van der Waals surface area contributed by atoms with Gasteiger partial charge in [0.15, 0.2) is 0 Å². The van der Waals surface area contributed by atoms with Crippen molar-refractivity contribution in [3.05, 3.63) is 0 Å². The quantitative estimate of drug-likeness (QED) is 0.670. The van der Waals surface area contributed by atoms with Crippen molar-refractivity contribution in [2.75, 3.05) is 0 Å². The summed E-state index contributed by atoms with van der Waals surface area (Å²) in [4.78, 5) is 0. The number of hydrogen-bond donors (Lipinski definition) is 2. The zero-order valence-corrected chi connectivity index (χ0v) is 7.84. The van der Waals surface area contributed by atoms with Crippen LogP contribution in [0.5, 0.6) is 0 Å². The van der Waals surface area contributed by atoms with E-state index in [1.165, 1.54) is 32.1 Å². The minimum absolute atomic E-state index is 0.0669. The molecule has 0 aromatic carbocycles. The Labute approximate surface area is 74.4 Å². The van der Waals surface area contributed by atoms with Gasteiger partial charge in [-0.15, -0.1) is 0 Å². The van der Waals surface area contributed by atoms with Crippen molar-refractivity contribution in [2.45, 2.75) is 63.1 Å². The van der Waals surface area contributed by atoms with Crippen LogP contribution in [0, 0.1) is 0 Å². The summed E-state index contributed by atoms with van der Waals surface area (Å²) in [6, 6.07) is 0.622. The summed E-state index contributed by atoms with van der Waals surface area (Å²) in [7, 11) is 0. The molecular formula is C10H19NO. The van der Waals surface area contributed by atoms with Gasteiger partial charge >= 0.3 is 0 Å². The zero-order chi connectivity index (χ0) is 8.60. The fourth-order valence-corrected chi connectivity index (χ4v) is 2.77. The summed E-state index contributed by atoms with van der Waals surface area (Å²) in [6.45, 7) is 2.21. The van der Waals surface area contributed by atoms with E-state index >= 15 is 0 Å². The van der Waals surface area contributed by atoms with E-state index in [-0.39, 0.29) is 11.6 Å². The van der Waals surface area contributed by atoms with Crippen LogP contribution < -0.4 is 5.32 Å². The predicted molar refractivity (Wildman–Crippen MR) is 49.0 cm³/mol. The van der Waals surface area contributed by atoms with Gasteiger partial charge in [0.2, 0.25) is 0 Å². The van der Waals surface area contributed by atoms with Crippen LogP contribution in [0.1, 0.15) is 45.4 Å². The fraction of sp³-hybridized carbons (Fsp3) is 1.00. The molecule has 2 bridgehead atoms. The molecule has 2 N–H and O–H groups in total. The maximum absolute atomic E-state index is 9.83. The van der Waals surface area contributed by atoms with Crippen LogP contribution in [0.2, 0.25) is 0 Å². The second kappa shape index (κ2) is 3.00. The van der Waals surface area contributed by atoms with Crippen LogP contribution in [0.3, 0.4) is 0 Å². The van der Waals surface area contributed by atoms with Gasteiger partial charge in [-0.3, -0.25) is 0 Å². The highest BCUT2D eigenvalue weighted by Crippen LogP contribution is 2.40. The standard InChI is InChI=1S/C10H19NO/c1-2-3-5-10-6-4-8(11-10)7-9(10)12/h8-9,11-12H,2-7H2,1H3. The van der Waals surface area contributed by atoms with Gasteiger partial charge in [0.1, 0.15) is 0 Å². The Morgan fingerprint density at radius 3 is 2.92 bits per heavy atom. The Morgan fingerprint density at radius 2 is 2.42 bits per heavy atom. The monoisotopic (exact) mass is 169 g/mol. The van der Waals surface area contributed by atoms with Crippen molar-refractivity contribution < 1.29 is 5.11 Å². The molecule has 2 rings (SSSR count). The molecule has 2 nitrogen and oxygen atoms in total. The number of hydrogen-bond acceptors (Lipinski definition) is 2. The van der Waals surface area contributed by atoms with Crippen LogP contribution in [-0.2, 0) is 0 Å². The first-order valence-electron chi connectivity index (χ1n) is 5.22. The van der Waals surface area contributed by atoms with Gasteiger partial charge in [-0.1, -0.05) is 19.8 Å². The van der Waals surface area contributed by atoms with Gasteiger partial charge < -0.3 is 10.4 Å². The van der Waals surface area contributed by atoms with E-state index < -0.39 is 0 Å². The summed E-state index contributed by atoms with van der Waals surface area (Å²) < 4.78 is 0. The summed E-state index contributed by atoms with van der Waals surface area (Å²) in [5, 5.41) is 13.4. The van der Waals surface area contributed by atoms with Crippen molar-refractivity contribution in [1.29, 1.82) is 0 Å². The number of aliphatic hydroxyl groups is 1. The second-order valence-electron chi connectivity index (χ2n) is 4.39. The molecular weight excluding hydrogens is 150 g/mol. The number of aliphatic hydroxyl groups excluding tert-OH is 1. The fourth-order valence-electron chi connectivity index (χ4n) is 2.77. The Bertz CT molecular complexity index is 171. The van der Waals surface area contributed by atoms with Crippen LogP contribution in [-0.4, -0.2) is 22.8 Å². The summed E-state index contributed by atoms with van der Waals surface area (Å²) in [5.74, 6) is 0. The Kier molecular flexibility index (Phi) is 2.13. The zero-order valence-electron chi connectivity index (χ0n) is 7.84. The highest BCUT2D eigenvalue weighted by Gasteiger charge is 2.50. The molecule has 2 heteroatoms. The largest absolute Gasteiger partial charge is 0.391 e. The summed E-state index contributed by atoms with van der Waals surface area (Å²) in [6.07, 6.45) is 7.05. The van der Waals surface area contributed by atoms with Crippen LogP contribution in [0.15, 0.2) is 0 Å². The van der Waals surface area contributed by atoms with Crippen LogP contribution in [0.25, 0.3) is 0 Å². The first-order valence-corrected chi connectivity index (χ1v) is 5.22. The molecule has 0 aromatic rings. The third-order valence-corrected chi connectivity index (χ3v) is 3.55. The van der Waals surface area contributed by atoms with Gasteiger partial charge in [-0.25, -0.2) is 0 Å². The Hall–Kier alpha value is -0.0800. The molecule has 2 saturated heterocycles. The first kappa shape index (κ1) is 8.52. The average molecular weight is 169 g/mol. The highest BCUT2D eigenvalue weighted by molar-refractivity contribution is 5.09.